The normalized spacial score (nSPS) is 23.0. The summed E-state index contributed by atoms with van der Waals surface area (Å²) in [6.45, 7) is 4.66. The van der Waals surface area contributed by atoms with E-state index in [0.717, 1.165) is 6.07 Å². The van der Waals surface area contributed by atoms with Gasteiger partial charge in [0.05, 0.1) is 11.6 Å². The molecule has 2 rings (SSSR count). The first-order valence-electron chi connectivity index (χ1n) is 6.57. The van der Waals surface area contributed by atoms with E-state index in [1.807, 2.05) is 13.8 Å². The average Bonchev–Trinajstić information content (AvgIpc) is 2.44. The molecule has 0 amide bonds. The zero-order valence-electron chi connectivity index (χ0n) is 12.5. The van der Waals surface area contributed by atoms with E-state index in [2.05, 4.69) is 21.2 Å². The number of hydrogen-bond donors (Lipinski definition) is 1. The van der Waals surface area contributed by atoms with Crippen LogP contribution in [0.3, 0.4) is 0 Å². The number of ether oxygens (including phenoxy) is 1. The van der Waals surface area contributed by atoms with E-state index in [4.69, 9.17) is 4.74 Å². The van der Waals surface area contributed by atoms with Crippen LogP contribution in [0.15, 0.2) is 21.5 Å². The van der Waals surface area contributed by atoms with Crippen molar-refractivity contribution in [3.05, 3.63) is 22.4 Å². The Bertz CT molecular complexity index is 644. The monoisotopic (exact) mass is 416 g/mol. The molecule has 0 saturated carbocycles. The maximum absolute atomic E-state index is 13.8. The summed E-state index contributed by atoms with van der Waals surface area (Å²) in [5.74, 6) is -0.508. The zero-order valence-corrected chi connectivity index (χ0v) is 15.7. The summed E-state index contributed by atoms with van der Waals surface area (Å²) >= 11 is 3.03. The van der Waals surface area contributed by atoms with Gasteiger partial charge < -0.3 is 10.1 Å². The van der Waals surface area contributed by atoms with E-state index < -0.39 is 15.8 Å². The van der Waals surface area contributed by atoms with Crippen molar-refractivity contribution in [2.45, 2.75) is 30.8 Å². The van der Waals surface area contributed by atoms with Crippen molar-refractivity contribution in [2.75, 3.05) is 20.2 Å². The van der Waals surface area contributed by atoms with Gasteiger partial charge in [-0.1, -0.05) is 0 Å². The first-order valence-corrected chi connectivity index (χ1v) is 8.80. The summed E-state index contributed by atoms with van der Waals surface area (Å²) in [7, 11) is -2.46. The predicted molar refractivity (Wildman–Crippen MR) is 88.7 cm³/mol. The fourth-order valence-corrected chi connectivity index (χ4v) is 4.54. The van der Waals surface area contributed by atoms with Crippen LogP contribution in [-0.2, 0) is 10.0 Å². The van der Waals surface area contributed by atoms with Crippen molar-refractivity contribution < 1.29 is 17.5 Å². The number of methoxy groups -OCH3 is 1. The first-order chi connectivity index (χ1) is 9.78. The van der Waals surface area contributed by atoms with Crippen LogP contribution in [0.5, 0.6) is 5.75 Å². The van der Waals surface area contributed by atoms with Crippen LogP contribution in [-0.4, -0.2) is 45.0 Å². The van der Waals surface area contributed by atoms with Gasteiger partial charge in [0.2, 0.25) is 10.0 Å². The second-order valence-corrected chi connectivity index (χ2v) is 7.73. The molecular formula is C13H19BrClFN2O3S. The maximum atomic E-state index is 13.8. The minimum atomic E-state index is -3.82. The molecule has 0 radical (unpaired) electrons. The maximum Gasteiger partial charge on any atom is 0.247 e. The van der Waals surface area contributed by atoms with E-state index in [1.165, 1.54) is 17.5 Å². The molecule has 0 spiro atoms. The standard InChI is InChI=1S/C13H18BrFN2O3S.ClH/c1-8-9(2)17(5-4-16-8)21(18,19)13-7-11(15)10(14)6-12(13)20-3;/h6-9,16H,4-5H2,1-3H3;1H. The molecule has 1 aliphatic rings. The number of sulfonamides is 1. The molecule has 0 aliphatic carbocycles. The lowest BCUT2D eigenvalue weighted by atomic mass is 10.1. The summed E-state index contributed by atoms with van der Waals surface area (Å²) in [6, 6.07) is 2.14. The van der Waals surface area contributed by atoms with E-state index >= 15 is 0 Å². The summed E-state index contributed by atoms with van der Waals surface area (Å²) in [4.78, 5) is -0.147. The van der Waals surface area contributed by atoms with Gasteiger partial charge >= 0.3 is 0 Å². The molecule has 0 bridgehead atoms. The van der Waals surface area contributed by atoms with Crippen LogP contribution in [0.25, 0.3) is 0 Å². The molecular weight excluding hydrogens is 399 g/mol. The third kappa shape index (κ3) is 3.56. The van der Waals surface area contributed by atoms with Gasteiger partial charge in [-0.3, -0.25) is 0 Å². The fraction of sp³-hybridized carbons (Fsp3) is 0.538. The van der Waals surface area contributed by atoms with Gasteiger partial charge in [0, 0.05) is 25.2 Å². The minimum absolute atomic E-state index is 0. The molecule has 2 unspecified atom stereocenters. The Labute approximate surface area is 144 Å². The molecule has 1 aliphatic heterocycles. The topological polar surface area (TPSA) is 58.6 Å². The molecule has 1 aromatic carbocycles. The van der Waals surface area contributed by atoms with Gasteiger partial charge in [0.25, 0.3) is 0 Å². The summed E-state index contributed by atoms with van der Waals surface area (Å²) in [5.41, 5.74) is 0. The molecule has 1 saturated heterocycles. The van der Waals surface area contributed by atoms with Gasteiger partial charge in [-0.25, -0.2) is 12.8 Å². The van der Waals surface area contributed by atoms with Gasteiger partial charge in [-0.2, -0.15) is 4.31 Å². The van der Waals surface area contributed by atoms with E-state index in [-0.39, 0.29) is 39.6 Å². The molecule has 9 heteroatoms. The first kappa shape index (κ1) is 19.6. The lowest BCUT2D eigenvalue weighted by Crippen LogP contribution is -2.57. The molecule has 5 nitrogen and oxygen atoms in total. The zero-order chi connectivity index (χ0) is 15.8. The molecule has 22 heavy (non-hydrogen) atoms. The molecule has 2 atom stereocenters. The SMILES string of the molecule is COc1cc(Br)c(F)cc1S(=O)(=O)N1CCNC(C)C1C.Cl. The molecule has 126 valence electrons. The fourth-order valence-electron chi connectivity index (χ4n) is 2.36. The predicted octanol–water partition coefficient (Wildman–Crippen LogP) is 2.39. The Kier molecular flexibility index (Phi) is 6.64. The highest BCUT2D eigenvalue weighted by Crippen LogP contribution is 2.33. The van der Waals surface area contributed by atoms with Gasteiger partial charge in [-0.05, 0) is 41.9 Å². The Morgan fingerprint density at radius 1 is 1.41 bits per heavy atom. The quantitative estimate of drug-likeness (QED) is 0.820. The van der Waals surface area contributed by atoms with E-state index in [1.54, 1.807) is 0 Å². The Morgan fingerprint density at radius 2 is 2.05 bits per heavy atom. The third-order valence-corrected chi connectivity index (χ3v) is 6.38. The second kappa shape index (κ2) is 7.44. The third-order valence-electron chi connectivity index (χ3n) is 3.77. The highest BCUT2D eigenvalue weighted by Gasteiger charge is 2.36. The van der Waals surface area contributed by atoms with E-state index in [9.17, 15) is 12.8 Å². The largest absolute Gasteiger partial charge is 0.495 e. The summed E-state index contributed by atoms with van der Waals surface area (Å²) in [6.07, 6.45) is 0. The highest BCUT2D eigenvalue weighted by molar-refractivity contribution is 9.10. The van der Waals surface area contributed by atoms with Crippen molar-refractivity contribution in [1.29, 1.82) is 0 Å². The van der Waals surface area contributed by atoms with Crippen LogP contribution in [0.2, 0.25) is 0 Å². The minimum Gasteiger partial charge on any atom is -0.495 e. The van der Waals surface area contributed by atoms with Gasteiger partial charge in [0.1, 0.15) is 16.5 Å². The molecule has 1 heterocycles. The number of nitrogens with zero attached hydrogens (tertiary/aromatic N) is 1. The van der Waals surface area contributed by atoms with Crippen LogP contribution in [0.1, 0.15) is 13.8 Å². The number of hydrogen-bond acceptors (Lipinski definition) is 4. The lowest BCUT2D eigenvalue weighted by molar-refractivity contribution is 0.232. The summed E-state index contributed by atoms with van der Waals surface area (Å²) < 4.78 is 46.1. The van der Waals surface area contributed by atoms with Crippen molar-refractivity contribution in [2.24, 2.45) is 0 Å². The smallest absolute Gasteiger partial charge is 0.247 e. The van der Waals surface area contributed by atoms with Gasteiger partial charge in [0.15, 0.2) is 0 Å². The Morgan fingerprint density at radius 3 is 2.64 bits per heavy atom. The lowest BCUT2D eigenvalue weighted by Gasteiger charge is -2.37. The van der Waals surface area contributed by atoms with Crippen LogP contribution in [0.4, 0.5) is 4.39 Å². The number of rotatable bonds is 3. The van der Waals surface area contributed by atoms with Crippen molar-refractivity contribution >= 4 is 38.4 Å². The van der Waals surface area contributed by atoms with Crippen molar-refractivity contribution in [1.82, 2.24) is 9.62 Å². The van der Waals surface area contributed by atoms with Gasteiger partial charge in [-0.15, -0.1) is 12.4 Å². The summed E-state index contributed by atoms with van der Waals surface area (Å²) in [5, 5.41) is 3.22. The highest BCUT2D eigenvalue weighted by atomic mass is 79.9. The molecule has 1 fully saturated rings. The number of benzene rings is 1. The van der Waals surface area contributed by atoms with Crippen LogP contribution >= 0.6 is 28.3 Å². The molecule has 1 N–H and O–H groups in total. The van der Waals surface area contributed by atoms with Crippen molar-refractivity contribution in [3.8, 4) is 5.75 Å². The van der Waals surface area contributed by atoms with Crippen LogP contribution in [0, 0.1) is 5.82 Å². The molecule has 1 aromatic rings. The number of halogens is 3. The van der Waals surface area contributed by atoms with E-state index in [0.29, 0.717) is 13.1 Å². The second-order valence-electron chi connectivity index (χ2n) is 5.02. The average molecular weight is 418 g/mol. The number of piperazine rings is 1. The number of nitrogens with one attached hydrogen (secondary N) is 1. The Balaban J connectivity index is 0.00000242. The molecule has 0 aromatic heterocycles. The van der Waals surface area contributed by atoms with Crippen LogP contribution < -0.4 is 10.1 Å². The Hall–Kier alpha value is -0.410. The van der Waals surface area contributed by atoms with Crippen molar-refractivity contribution in [3.63, 3.8) is 0 Å².